The van der Waals surface area contributed by atoms with Gasteiger partial charge < -0.3 is 16.0 Å². The van der Waals surface area contributed by atoms with Crippen LogP contribution in [0.5, 0.6) is 0 Å². The largest absolute Gasteiger partial charge is 0.397 e. The van der Waals surface area contributed by atoms with Crippen LogP contribution in [0.15, 0.2) is 24.3 Å². The molecule has 4 N–H and O–H groups in total. The van der Waals surface area contributed by atoms with Crippen LogP contribution < -0.4 is 11.1 Å². The summed E-state index contributed by atoms with van der Waals surface area (Å²) >= 11 is 0. The molecule has 1 aromatic carbocycles. The summed E-state index contributed by atoms with van der Waals surface area (Å²) < 4.78 is 0. The zero-order valence-electron chi connectivity index (χ0n) is 10.8. The summed E-state index contributed by atoms with van der Waals surface area (Å²) in [6.45, 7) is 4.12. The van der Waals surface area contributed by atoms with Crippen molar-refractivity contribution >= 4 is 22.5 Å². The van der Waals surface area contributed by atoms with Gasteiger partial charge in [-0.1, -0.05) is 25.5 Å². The molecule has 1 amide bonds. The molecule has 0 spiro atoms. The Kier molecular flexibility index (Phi) is 3.55. The Bertz CT molecular complexity index is 559. The number of nitrogen functional groups attached to an aromatic ring is 1. The number of aromatic amines is 1. The van der Waals surface area contributed by atoms with Gasteiger partial charge in [-0.25, -0.2) is 0 Å². The Morgan fingerprint density at radius 2 is 2.28 bits per heavy atom. The van der Waals surface area contributed by atoms with E-state index in [4.69, 9.17) is 5.73 Å². The zero-order chi connectivity index (χ0) is 13.1. The second-order valence-electron chi connectivity index (χ2n) is 4.66. The Labute approximate surface area is 107 Å². The molecule has 0 saturated heterocycles. The van der Waals surface area contributed by atoms with Gasteiger partial charge in [-0.15, -0.1) is 0 Å². The highest BCUT2D eigenvalue weighted by molar-refractivity contribution is 6.00. The summed E-state index contributed by atoms with van der Waals surface area (Å²) in [5, 5.41) is 3.93. The Morgan fingerprint density at radius 3 is 2.94 bits per heavy atom. The average Bonchev–Trinajstić information content (AvgIpc) is 2.74. The molecule has 2 aromatic rings. The van der Waals surface area contributed by atoms with Gasteiger partial charge in [0.1, 0.15) is 5.69 Å². The first-order valence-corrected chi connectivity index (χ1v) is 6.30. The molecule has 0 saturated carbocycles. The van der Waals surface area contributed by atoms with Gasteiger partial charge >= 0.3 is 0 Å². The van der Waals surface area contributed by atoms with E-state index in [2.05, 4.69) is 17.2 Å². The monoisotopic (exact) mass is 245 g/mol. The highest BCUT2D eigenvalue weighted by Gasteiger charge is 2.12. The van der Waals surface area contributed by atoms with Crippen molar-refractivity contribution < 1.29 is 4.79 Å². The van der Waals surface area contributed by atoms with Crippen LogP contribution in [0.2, 0.25) is 0 Å². The van der Waals surface area contributed by atoms with Crippen LogP contribution in [0.4, 0.5) is 5.69 Å². The van der Waals surface area contributed by atoms with Crippen LogP contribution in [-0.4, -0.2) is 16.9 Å². The molecule has 0 aliphatic heterocycles. The van der Waals surface area contributed by atoms with E-state index < -0.39 is 0 Å². The van der Waals surface area contributed by atoms with Crippen LogP contribution >= 0.6 is 0 Å². The number of nitrogens with two attached hydrogens (primary N) is 1. The highest BCUT2D eigenvalue weighted by atomic mass is 16.1. The van der Waals surface area contributed by atoms with E-state index >= 15 is 0 Å². The molecule has 2 rings (SSSR count). The van der Waals surface area contributed by atoms with Crippen LogP contribution in [-0.2, 0) is 0 Å². The van der Waals surface area contributed by atoms with Crippen molar-refractivity contribution in [2.45, 2.75) is 32.7 Å². The molecule has 96 valence electrons. The summed E-state index contributed by atoms with van der Waals surface area (Å²) in [6, 6.07) is 7.66. The van der Waals surface area contributed by atoms with E-state index in [0.29, 0.717) is 11.4 Å². The summed E-state index contributed by atoms with van der Waals surface area (Å²) in [4.78, 5) is 15.1. The number of carbonyl (C=O) groups is 1. The molecule has 0 fully saturated rings. The Hall–Kier alpha value is -1.97. The van der Waals surface area contributed by atoms with Crippen molar-refractivity contribution in [2.24, 2.45) is 0 Å². The third-order valence-corrected chi connectivity index (χ3v) is 3.03. The lowest BCUT2D eigenvalue weighted by Gasteiger charge is -2.11. The van der Waals surface area contributed by atoms with Crippen molar-refractivity contribution in [3.05, 3.63) is 30.0 Å². The third-order valence-electron chi connectivity index (χ3n) is 3.03. The normalized spacial score (nSPS) is 12.6. The predicted molar refractivity (Wildman–Crippen MR) is 74.5 cm³/mol. The van der Waals surface area contributed by atoms with Gasteiger partial charge in [-0.3, -0.25) is 4.79 Å². The molecule has 0 aliphatic carbocycles. The molecule has 0 aliphatic rings. The number of nitrogens with one attached hydrogen (secondary N) is 2. The first-order chi connectivity index (χ1) is 8.61. The zero-order valence-corrected chi connectivity index (χ0v) is 10.8. The quantitative estimate of drug-likeness (QED) is 0.725. The molecular formula is C14H19N3O. The Morgan fingerprint density at radius 1 is 1.50 bits per heavy atom. The maximum Gasteiger partial charge on any atom is 0.267 e. The molecule has 1 unspecified atom stereocenters. The second kappa shape index (κ2) is 5.12. The fourth-order valence-electron chi connectivity index (χ4n) is 2.11. The maximum atomic E-state index is 12.0. The lowest BCUT2D eigenvalue weighted by Crippen LogP contribution is -2.32. The number of H-pyrrole nitrogens is 1. The number of para-hydroxylation sites is 1. The van der Waals surface area contributed by atoms with Crippen molar-refractivity contribution in [1.29, 1.82) is 0 Å². The van der Waals surface area contributed by atoms with Gasteiger partial charge in [0.15, 0.2) is 0 Å². The minimum absolute atomic E-state index is 0.0773. The molecule has 1 aromatic heterocycles. The van der Waals surface area contributed by atoms with Crippen LogP contribution in [0.25, 0.3) is 10.9 Å². The lowest BCUT2D eigenvalue weighted by molar-refractivity contribution is 0.0934. The van der Waals surface area contributed by atoms with E-state index in [9.17, 15) is 4.79 Å². The number of aromatic nitrogens is 1. The van der Waals surface area contributed by atoms with E-state index in [0.717, 1.165) is 23.7 Å². The minimum Gasteiger partial charge on any atom is -0.397 e. The van der Waals surface area contributed by atoms with Crippen LogP contribution in [0.1, 0.15) is 37.2 Å². The van der Waals surface area contributed by atoms with Crippen molar-refractivity contribution in [3.63, 3.8) is 0 Å². The van der Waals surface area contributed by atoms with Gasteiger partial charge in [-0.2, -0.15) is 0 Å². The number of amides is 1. The average molecular weight is 245 g/mol. The van der Waals surface area contributed by atoms with Gasteiger partial charge in [0, 0.05) is 11.4 Å². The van der Waals surface area contributed by atoms with Crippen molar-refractivity contribution in [3.8, 4) is 0 Å². The lowest BCUT2D eigenvalue weighted by atomic mass is 10.2. The predicted octanol–water partition coefficient (Wildman–Crippen LogP) is 2.67. The number of hydrogen-bond donors (Lipinski definition) is 3. The highest BCUT2D eigenvalue weighted by Crippen LogP contribution is 2.21. The maximum absolute atomic E-state index is 12.0. The molecule has 4 heteroatoms. The second-order valence-corrected chi connectivity index (χ2v) is 4.66. The van der Waals surface area contributed by atoms with Crippen molar-refractivity contribution in [2.75, 3.05) is 5.73 Å². The fourth-order valence-corrected chi connectivity index (χ4v) is 2.11. The van der Waals surface area contributed by atoms with E-state index in [1.807, 2.05) is 31.2 Å². The molecule has 0 bridgehead atoms. The molecule has 4 nitrogen and oxygen atoms in total. The number of rotatable bonds is 4. The smallest absolute Gasteiger partial charge is 0.267 e. The number of anilines is 1. The number of fused-ring (bicyclic) bond motifs is 1. The van der Waals surface area contributed by atoms with Crippen LogP contribution in [0.3, 0.4) is 0 Å². The third kappa shape index (κ3) is 2.47. The van der Waals surface area contributed by atoms with Crippen molar-refractivity contribution in [1.82, 2.24) is 10.3 Å². The summed E-state index contributed by atoms with van der Waals surface area (Å²) in [5.74, 6) is -0.0773. The van der Waals surface area contributed by atoms with E-state index in [1.165, 1.54) is 0 Å². The topological polar surface area (TPSA) is 70.9 Å². The SMILES string of the molecule is CCCC(C)NC(=O)c1cc2cccc(N)c2[nH]1. The van der Waals surface area contributed by atoms with Crippen LogP contribution in [0, 0.1) is 0 Å². The summed E-state index contributed by atoms with van der Waals surface area (Å²) in [6.07, 6.45) is 2.04. The summed E-state index contributed by atoms with van der Waals surface area (Å²) in [5.41, 5.74) is 7.90. The molecule has 1 heterocycles. The van der Waals surface area contributed by atoms with Gasteiger partial charge in [0.2, 0.25) is 0 Å². The van der Waals surface area contributed by atoms with Gasteiger partial charge in [0.25, 0.3) is 5.91 Å². The van der Waals surface area contributed by atoms with E-state index in [-0.39, 0.29) is 11.9 Å². The fraction of sp³-hybridized carbons (Fsp3) is 0.357. The number of hydrogen-bond acceptors (Lipinski definition) is 2. The molecule has 18 heavy (non-hydrogen) atoms. The number of benzene rings is 1. The first-order valence-electron chi connectivity index (χ1n) is 6.30. The summed E-state index contributed by atoms with van der Waals surface area (Å²) in [7, 11) is 0. The molecule has 1 atom stereocenters. The van der Waals surface area contributed by atoms with E-state index in [1.54, 1.807) is 0 Å². The molecular weight excluding hydrogens is 226 g/mol. The first kappa shape index (κ1) is 12.5. The van der Waals surface area contributed by atoms with Gasteiger partial charge in [0.05, 0.1) is 11.2 Å². The Balaban J connectivity index is 2.21. The number of carbonyl (C=O) groups excluding carboxylic acids is 1. The minimum atomic E-state index is -0.0773. The molecule has 0 radical (unpaired) electrons. The standard InChI is InChI=1S/C14H19N3O/c1-3-5-9(2)16-14(18)12-8-10-6-4-7-11(15)13(10)17-12/h4,6-9,17H,3,5,15H2,1-2H3,(H,16,18). The van der Waals surface area contributed by atoms with Gasteiger partial charge in [-0.05, 0) is 25.5 Å².